The summed E-state index contributed by atoms with van der Waals surface area (Å²) in [5, 5.41) is 4.75. The maximum Gasteiger partial charge on any atom is 0.291 e. The Bertz CT molecular complexity index is 1000. The molecule has 0 bridgehead atoms. The predicted molar refractivity (Wildman–Crippen MR) is 90.2 cm³/mol. The molecule has 0 atom stereocenters. The molecule has 0 spiro atoms. The van der Waals surface area contributed by atoms with Crippen molar-refractivity contribution in [2.24, 2.45) is 0 Å². The number of para-hydroxylation sites is 1. The summed E-state index contributed by atoms with van der Waals surface area (Å²) < 4.78 is 6.49. The van der Waals surface area contributed by atoms with E-state index in [9.17, 15) is 4.79 Å². The number of amides is 1. The lowest BCUT2D eigenvalue weighted by Crippen LogP contribution is -2.10. The Kier molecular flexibility index (Phi) is 3.01. The first-order valence-corrected chi connectivity index (χ1v) is 7.57. The number of carbonyl (C=O) groups is 1. The fourth-order valence-electron chi connectivity index (χ4n) is 2.52. The number of benzene rings is 2. The summed E-state index contributed by atoms with van der Waals surface area (Å²) in [5.74, 6) is 0.0197. The van der Waals surface area contributed by atoms with Crippen LogP contribution < -0.4 is 5.32 Å². The molecule has 4 aromatic rings. The Morgan fingerprint density at radius 2 is 2.00 bits per heavy atom. The Morgan fingerprint density at radius 3 is 2.86 bits per heavy atom. The van der Waals surface area contributed by atoms with Gasteiger partial charge in [-0.2, -0.15) is 0 Å². The van der Waals surface area contributed by atoms with Crippen molar-refractivity contribution in [3.63, 3.8) is 0 Å². The molecule has 1 amide bonds. The van der Waals surface area contributed by atoms with Gasteiger partial charge in [-0.1, -0.05) is 18.2 Å². The largest absolute Gasteiger partial charge is 0.450 e. The first-order chi connectivity index (χ1) is 10.7. The molecule has 0 aliphatic heterocycles. The summed E-state index contributed by atoms with van der Waals surface area (Å²) in [6.07, 6.45) is 1.85. The molecule has 0 aliphatic rings. The first-order valence-electron chi connectivity index (χ1n) is 6.78. The number of hydrogen-bond donors (Lipinski definition) is 2. The molecule has 2 N–H and O–H groups in total. The SMILES string of the molecule is O=C(Nc1cccc2[nH]ccc12)c1cc2cccc(Br)c2o1. The van der Waals surface area contributed by atoms with E-state index in [2.05, 4.69) is 26.2 Å². The Hall–Kier alpha value is -2.53. The maximum atomic E-state index is 12.4. The molecule has 0 saturated heterocycles. The normalized spacial score (nSPS) is 11.1. The molecule has 2 aromatic heterocycles. The van der Waals surface area contributed by atoms with Crippen LogP contribution in [0.25, 0.3) is 21.9 Å². The zero-order chi connectivity index (χ0) is 15.1. The number of fused-ring (bicyclic) bond motifs is 2. The number of aromatic amines is 1. The second-order valence-corrected chi connectivity index (χ2v) is 5.82. The molecule has 0 saturated carbocycles. The monoisotopic (exact) mass is 354 g/mol. The highest BCUT2D eigenvalue weighted by molar-refractivity contribution is 9.10. The molecule has 0 unspecified atom stereocenters. The highest BCUT2D eigenvalue weighted by Gasteiger charge is 2.15. The highest BCUT2D eigenvalue weighted by Crippen LogP contribution is 2.28. The Balaban J connectivity index is 1.71. The predicted octanol–water partition coefficient (Wildman–Crippen LogP) is 4.93. The standard InChI is InChI=1S/C17H11BrN2O2/c18-12-4-1-3-10-9-15(22-16(10)12)17(21)20-14-6-2-5-13-11(14)7-8-19-13/h1-9,19H,(H,20,21). The summed E-state index contributed by atoms with van der Waals surface area (Å²) in [5.41, 5.74) is 2.40. The molecule has 108 valence electrons. The molecule has 22 heavy (non-hydrogen) atoms. The van der Waals surface area contributed by atoms with Gasteiger partial charge in [0.25, 0.3) is 5.91 Å². The van der Waals surface area contributed by atoms with Crippen molar-refractivity contribution in [3.05, 3.63) is 65.0 Å². The number of carbonyl (C=O) groups excluding carboxylic acids is 1. The van der Waals surface area contributed by atoms with Gasteiger partial charge < -0.3 is 14.7 Å². The molecule has 2 aromatic carbocycles. The minimum absolute atomic E-state index is 0.267. The van der Waals surface area contributed by atoms with Gasteiger partial charge in [0.05, 0.1) is 10.2 Å². The van der Waals surface area contributed by atoms with Gasteiger partial charge in [-0.3, -0.25) is 4.79 Å². The second kappa shape index (κ2) is 5.03. The quantitative estimate of drug-likeness (QED) is 0.536. The highest BCUT2D eigenvalue weighted by atomic mass is 79.9. The van der Waals surface area contributed by atoms with Crippen LogP contribution in [0.15, 0.2) is 63.6 Å². The number of H-pyrrole nitrogens is 1. The van der Waals surface area contributed by atoms with Crippen LogP contribution in [-0.4, -0.2) is 10.9 Å². The van der Waals surface area contributed by atoms with Gasteiger partial charge >= 0.3 is 0 Å². The van der Waals surface area contributed by atoms with E-state index in [1.54, 1.807) is 6.07 Å². The summed E-state index contributed by atoms with van der Waals surface area (Å²) in [6, 6.07) is 15.1. The Labute approximate surface area is 134 Å². The van der Waals surface area contributed by atoms with Crippen LogP contribution >= 0.6 is 15.9 Å². The van der Waals surface area contributed by atoms with Crippen LogP contribution in [-0.2, 0) is 0 Å². The molecule has 5 heteroatoms. The molecule has 0 radical (unpaired) electrons. The van der Waals surface area contributed by atoms with Gasteiger partial charge in [-0.05, 0) is 46.3 Å². The van der Waals surface area contributed by atoms with Crippen molar-refractivity contribution in [2.75, 3.05) is 5.32 Å². The van der Waals surface area contributed by atoms with Crippen LogP contribution in [0.1, 0.15) is 10.6 Å². The van der Waals surface area contributed by atoms with Crippen molar-refractivity contribution < 1.29 is 9.21 Å². The van der Waals surface area contributed by atoms with E-state index in [4.69, 9.17) is 4.42 Å². The van der Waals surface area contributed by atoms with Gasteiger partial charge in [0, 0.05) is 22.5 Å². The topological polar surface area (TPSA) is 58.0 Å². The average Bonchev–Trinajstić information content (AvgIpc) is 3.14. The zero-order valence-electron chi connectivity index (χ0n) is 11.4. The third-order valence-corrected chi connectivity index (χ3v) is 4.19. The molecular formula is C17H11BrN2O2. The van der Waals surface area contributed by atoms with Crippen molar-refractivity contribution in [2.45, 2.75) is 0 Å². The van der Waals surface area contributed by atoms with Crippen molar-refractivity contribution in [3.8, 4) is 0 Å². The van der Waals surface area contributed by atoms with E-state index in [-0.39, 0.29) is 11.7 Å². The fraction of sp³-hybridized carbons (Fsp3) is 0. The van der Waals surface area contributed by atoms with Gasteiger partial charge in [0.1, 0.15) is 5.58 Å². The van der Waals surface area contributed by atoms with Gasteiger partial charge in [0.15, 0.2) is 5.76 Å². The molecular weight excluding hydrogens is 344 g/mol. The van der Waals surface area contributed by atoms with Crippen molar-refractivity contribution in [1.29, 1.82) is 0 Å². The summed E-state index contributed by atoms with van der Waals surface area (Å²) in [7, 11) is 0. The van der Waals surface area contributed by atoms with Crippen molar-refractivity contribution >= 4 is 49.4 Å². The molecule has 0 fully saturated rings. The maximum absolute atomic E-state index is 12.4. The Morgan fingerprint density at radius 1 is 1.14 bits per heavy atom. The van der Waals surface area contributed by atoms with E-state index in [1.807, 2.05) is 48.7 Å². The van der Waals surface area contributed by atoms with Crippen LogP contribution in [0.5, 0.6) is 0 Å². The fourth-order valence-corrected chi connectivity index (χ4v) is 2.98. The number of anilines is 1. The lowest BCUT2D eigenvalue weighted by molar-refractivity contribution is 0.0999. The zero-order valence-corrected chi connectivity index (χ0v) is 13.0. The summed E-state index contributed by atoms with van der Waals surface area (Å²) >= 11 is 3.42. The van der Waals surface area contributed by atoms with Crippen LogP contribution in [0.4, 0.5) is 5.69 Å². The summed E-state index contributed by atoms with van der Waals surface area (Å²) in [6.45, 7) is 0. The molecule has 4 rings (SSSR count). The molecule has 0 aliphatic carbocycles. The lowest BCUT2D eigenvalue weighted by Gasteiger charge is -2.04. The van der Waals surface area contributed by atoms with E-state index < -0.39 is 0 Å². The van der Waals surface area contributed by atoms with Crippen LogP contribution in [0.3, 0.4) is 0 Å². The van der Waals surface area contributed by atoms with Gasteiger partial charge in [-0.25, -0.2) is 0 Å². The van der Waals surface area contributed by atoms with Gasteiger partial charge in [0.2, 0.25) is 0 Å². The smallest absolute Gasteiger partial charge is 0.291 e. The molecule has 2 heterocycles. The van der Waals surface area contributed by atoms with Crippen LogP contribution in [0, 0.1) is 0 Å². The van der Waals surface area contributed by atoms with E-state index >= 15 is 0 Å². The summed E-state index contributed by atoms with van der Waals surface area (Å²) in [4.78, 5) is 15.6. The number of nitrogens with one attached hydrogen (secondary N) is 2. The third-order valence-electron chi connectivity index (χ3n) is 3.56. The number of halogens is 1. The van der Waals surface area contributed by atoms with E-state index in [0.717, 1.165) is 26.4 Å². The molecule has 4 nitrogen and oxygen atoms in total. The van der Waals surface area contributed by atoms with Crippen molar-refractivity contribution in [1.82, 2.24) is 4.98 Å². The van der Waals surface area contributed by atoms with E-state index in [1.165, 1.54) is 0 Å². The minimum atomic E-state index is -0.267. The minimum Gasteiger partial charge on any atom is -0.450 e. The number of furan rings is 1. The number of rotatable bonds is 2. The third kappa shape index (κ3) is 2.10. The number of aromatic nitrogens is 1. The van der Waals surface area contributed by atoms with Crippen LogP contribution in [0.2, 0.25) is 0 Å². The van der Waals surface area contributed by atoms with Gasteiger partial charge in [-0.15, -0.1) is 0 Å². The number of hydrogen-bond acceptors (Lipinski definition) is 2. The average molecular weight is 355 g/mol. The lowest BCUT2D eigenvalue weighted by atomic mass is 10.2. The second-order valence-electron chi connectivity index (χ2n) is 4.97. The van der Waals surface area contributed by atoms with E-state index in [0.29, 0.717) is 5.58 Å². The first kappa shape index (κ1) is 13.2.